The number of furan rings is 2. The van der Waals surface area contributed by atoms with E-state index in [1.165, 1.54) is 0 Å². The summed E-state index contributed by atoms with van der Waals surface area (Å²) < 4.78 is 10.7. The zero-order valence-electron chi connectivity index (χ0n) is 13.2. The molecule has 1 N–H and O–H groups in total. The Bertz CT molecular complexity index is 585. The van der Waals surface area contributed by atoms with Crippen LogP contribution in [0.25, 0.3) is 0 Å². The summed E-state index contributed by atoms with van der Waals surface area (Å²) >= 11 is 0. The summed E-state index contributed by atoms with van der Waals surface area (Å²) in [7, 11) is 1.99. The topological polar surface area (TPSA) is 53.9 Å². The number of aliphatic imine (C=N–C) groups is 1. The van der Waals surface area contributed by atoms with Gasteiger partial charge in [-0.2, -0.15) is 0 Å². The average molecular weight is 301 g/mol. The van der Waals surface area contributed by atoms with Gasteiger partial charge < -0.3 is 19.1 Å². The van der Waals surface area contributed by atoms with E-state index in [1.54, 1.807) is 12.5 Å². The second-order valence-corrected chi connectivity index (χ2v) is 5.29. The molecular weight excluding hydrogens is 278 g/mol. The Morgan fingerprint density at radius 1 is 1.23 bits per heavy atom. The van der Waals surface area contributed by atoms with Crippen LogP contribution in [0, 0.1) is 0 Å². The molecule has 0 aliphatic heterocycles. The molecule has 0 spiro atoms. The third-order valence-corrected chi connectivity index (χ3v) is 3.07. The number of nitrogens with one attached hydrogen (secondary N) is 1. The van der Waals surface area contributed by atoms with Gasteiger partial charge in [0.25, 0.3) is 0 Å². The van der Waals surface area contributed by atoms with Gasteiger partial charge in [-0.1, -0.05) is 12.2 Å². The average Bonchev–Trinajstić information content (AvgIpc) is 3.15. The van der Waals surface area contributed by atoms with Crippen LogP contribution in [-0.2, 0) is 13.0 Å². The lowest BCUT2D eigenvalue weighted by atomic mass is 10.3. The van der Waals surface area contributed by atoms with Gasteiger partial charge in [-0.15, -0.1) is 0 Å². The van der Waals surface area contributed by atoms with E-state index in [4.69, 9.17) is 8.83 Å². The minimum atomic E-state index is 0.603. The summed E-state index contributed by atoms with van der Waals surface area (Å²) in [5, 5.41) is 3.36. The first-order chi connectivity index (χ1) is 10.6. The quantitative estimate of drug-likeness (QED) is 0.485. The fourth-order valence-corrected chi connectivity index (χ4v) is 1.98. The molecule has 2 rings (SSSR count). The number of hydrogen-bond donors (Lipinski definition) is 1. The maximum Gasteiger partial charge on any atom is 0.194 e. The molecule has 0 aromatic carbocycles. The first kappa shape index (κ1) is 15.9. The molecular formula is C17H23N3O2. The molecule has 0 saturated carbocycles. The van der Waals surface area contributed by atoms with Crippen LogP contribution in [0.15, 0.2) is 62.8 Å². The molecule has 0 bridgehead atoms. The summed E-state index contributed by atoms with van der Waals surface area (Å²) in [5.41, 5.74) is 1.02. The second kappa shape index (κ2) is 8.12. The number of hydrogen-bond acceptors (Lipinski definition) is 3. The van der Waals surface area contributed by atoms with Gasteiger partial charge in [0, 0.05) is 20.0 Å². The fraction of sp³-hybridized carbons (Fsp3) is 0.353. The van der Waals surface area contributed by atoms with Crippen LogP contribution in [0.4, 0.5) is 0 Å². The van der Waals surface area contributed by atoms with Crippen LogP contribution in [0.1, 0.15) is 18.4 Å². The van der Waals surface area contributed by atoms with Gasteiger partial charge >= 0.3 is 0 Å². The Morgan fingerprint density at radius 2 is 1.91 bits per heavy atom. The van der Waals surface area contributed by atoms with Crippen LogP contribution < -0.4 is 5.32 Å². The molecule has 0 aliphatic rings. The molecule has 0 unspecified atom stereocenters. The van der Waals surface area contributed by atoms with Gasteiger partial charge in [-0.25, -0.2) is 4.99 Å². The van der Waals surface area contributed by atoms with E-state index in [2.05, 4.69) is 16.9 Å². The maximum absolute atomic E-state index is 5.39. The number of rotatable bonds is 7. The molecule has 0 aliphatic carbocycles. The summed E-state index contributed by atoms with van der Waals surface area (Å²) in [4.78, 5) is 6.61. The second-order valence-electron chi connectivity index (χ2n) is 5.29. The normalized spacial score (nSPS) is 11.5. The molecule has 0 atom stereocenters. The molecule has 0 fully saturated rings. The van der Waals surface area contributed by atoms with Crippen LogP contribution in [0.5, 0.6) is 0 Å². The van der Waals surface area contributed by atoms with Crippen molar-refractivity contribution >= 4 is 5.96 Å². The highest BCUT2D eigenvalue weighted by Crippen LogP contribution is 2.05. The Labute approximate surface area is 131 Å². The zero-order valence-corrected chi connectivity index (χ0v) is 13.2. The van der Waals surface area contributed by atoms with Crippen molar-refractivity contribution in [2.45, 2.75) is 19.9 Å². The van der Waals surface area contributed by atoms with Gasteiger partial charge in [0.15, 0.2) is 5.96 Å². The molecule has 5 heteroatoms. The Hall–Kier alpha value is -2.43. The number of guanidine groups is 1. The van der Waals surface area contributed by atoms with Crippen molar-refractivity contribution in [2.24, 2.45) is 4.99 Å². The lowest BCUT2D eigenvalue weighted by Gasteiger charge is -2.21. The van der Waals surface area contributed by atoms with Crippen molar-refractivity contribution in [1.29, 1.82) is 0 Å². The summed E-state index contributed by atoms with van der Waals surface area (Å²) in [6.45, 7) is 7.89. The maximum atomic E-state index is 5.39. The molecule has 22 heavy (non-hydrogen) atoms. The van der Waals surface area contributed by atoms with E-state index in [1.807, 2.05) is 43.1 Å². The first-order valence-corrected chi connectivity index (χ1v) is 7.33. The highest BCUT2D eigenvalue weighted by molar-refractivity contribution is 5.79. The van der Waals surface area contributed by atoms with Crippen molar-refractivity contribution in [3.63, 3.8) is 0 Å². The Balaban J connectivity index is 1.92. The lowest BCUT2D eigenvalue weighted by molar-refractivity contribution is 0.399. The SMILES string of the molecule is C=C(C)CN=C(NCCc1ccco1)N(C)Cc1ccco1. The summed E-state index contributed by atoms with van der Waals surface area (Å²) in [6, 6.07) is 7.71. The minimum Gasteiger partial charge on any atom is -0.469 e. The third kappa shape index (κ3) is 5.16. The molecule has 0 saturated heterocycles. The van der Waals surface area contributed by atoms with Crippen LogP contribution in [0.2, 0.25) is 0 Å². The summed E-state index contributed by atoms with van der Waals surface area (Å²) in [6.07, 6.45) is 4.18. The molecule has 118 valence electrons. The van der Waals surface area contributed by atoms with E-state index >= 15 is 0 Å². The monoisotopic (exact) mass is 301 g/mol. The van der Waals surface area contributed by atoms with E-state index in [0.717, 1.165) is 36.0 Å². The predicted octanol–water partition coefficient (Wildman–Crippen LogP) is 3.07. The largest absolute Gasteiger partial charge is 0.469 e. The van der Waals surface area contributed by atoms with Gasteiger partial charge in [-0.3, -0.25) is 0 Å². The smallest absolute Gasteiger partial charge is 0.194 e. The minimum absolute atomic E-state index is 0.603. The van der Waals surface area contributed by atoms with Gasteiger partial charge in [0.05, 0.1) is 25.6 Å². The van der Waals surface area contributed by atoms with Crippen molar-refractivity contribution in [1.82, 2.24) is 10.2 Å². The molecule has 2 aromatic rings. The van der Waals surface area contributed by atoms with Crippen molar-refractivity contribution < 1.29 is 8.83 Å². The van der Waals surface area contributed by atoms with Gasteiger partial charge in [-0.05, 0) is 31.2 Å². The first-order valence-electron chi connectivity index (χ1n) is 7.33. The van der Waals surface area contributed by atoms with Crippen molar-refractivity contribution in [3.05, 3.63) is 60.5 Å². The molecule has 0 radical (unpaired) electrons. The van der Waals surface area contributed by atoms with Gasteiger partial charge in [0.2, 0.25) is 0 Å². The molecule has 2 aromatic heterocycles. The van der Waals surface area contributed by atoms with E-state index < -0.39 is 0 Å². The molecule has 5 nitrogen and oxygen atoms in total. The highest BCUT2D eigenvalue weighted by atomic mass is 16.3. The van der Waals surface area contributed by atoms with Crippen LogP contribution >= 0.6 is 0 Å². The van der Waals surface area contributed by atoms with Crippen LogP contribution in [0.3, 0.4) is 0 Å². The highest BCUT2D eigenvalue weighted by Gasteiger charge is 2.09. The van der Waals surface area contributed by atoms with Crippen molar-refractivity contribution in [3.8, 4) is 0 Å². The number of nitrogens with zero attached hydrogens (tertiary/aromatic N) is 2. The van der Waals surface area contributed by atoms with E-state index in [0.29, 0.717) is 13.1 Å². The van der Waals surface area contributed by atoms with Crippen molar-refractivity contribution in [2.75, 3.05) is 20.1 Å². The zero-order chi connectivity index (χ0) is 15.8. The van der Waals surface area contributed by atoms with Gasteiger partial charge in [0.1, 0.15) is 11.5 Å². The molecule has 2 heterocycles. The third-order valence-electron chi connectivity index (χ3n) is 3.07. The van der Waals surface area contributed by atoms with E-state index in [-0.39, 0.29) is 0 Å². The standard InChI is InChI=1S/C17H23N3O2/c1-14(2)12-19-17(18-9-8-15-6-4-10-21-15)20(3)13-16-7-5-11-22-16/h4-7,10-11H,1,8-9,12-13H2,2-3H3,(H,18,19). The van der Waals surface area contributed by atoms with E-state index in [9.17, 15) is 0 Å². The fourth-order valence-electron chi connectivity index (χ4n) is 1.98. The predicted molar refractivity (Wildman–Crippen MR) is 87.7 cm³/mol. The Morgan fingerprint density at radius 3 is 2.50 bits per heavy atom. The van der Waals surface area contributed by atoms with Crippen LogP contribution in [-0.4, -0.2) is 31.0 Å². The lowest BCUT2D eigenvalue weighted by Crippen LogP contribution is -2.39. The molecule has 0 amide bonds. The summed E-state index contributed by atoms with van der Waals surface area (Å²) in [5.74, 6) is 2.68. The Kier molecular flexibility index (Phi) is 5.89.